The van der Waals surface area contributed by atoms with Gasteiger partial charge in [-0.05, 0) is 36.8 Å². The lowest BCUT2D eigenvalue weighted by Crippen LogP contribution is -2.35. The Hall–Kier alpha value is -4.43. The second-order valence-corrected chi connectivity index (χ2v) is 9.21. The molecule has 214 valence electrons. The number of urea groups is 1. The number of fused-ring (bicyclic) bond motifs is 1. The van der Waals surface area contributed by atoms with Crippen molar-refractivity contribution in [2.24, 2.45) is 0 Å². The van der Waals surface area contributed by atoms with Gasteiger partial charge in [0.2, 0.25) is 0 Å². The number of carboxylic acids is 1. The first kappa shape index (κ1) is 28.1. The summed E-state index contributed by atoms with van der Waals surface area (Å²) in [4.78, 5) is 44.4. The molecule has 0 radical (unpaired) electrons. The van der Waals surface area contributed by atoms with Gasteiger partial charge >= 0.3 is 17.7 Å². The molecule has 41 heavy (non-hydrogen) atoms. The van der Waals surface area contributed by atoms with Crippen molar-refractivity contribution in [1.29, 1.82) is 0 Å². The number of hydrogen-bond donors (Lipinski definition) is 3. The number of benzene rings is 1. The molecule has 0 aliphatic carbocycles. The number of hydrogen-bond acceptors (Lipinski definition) is 9. The van der Waals surface area contributed by atoms with E-state index in [-0.39, 0.29) is 30.3 Å². The Bertz CT molecular complexity index is 1460. The molecule has 0 bridgehead atoms. The summed E-state index contributed by atoms with van der Waals surface area (Å²) in [7, 11) is 0. The van der Waals surface area contributed by atoms with Gasteiger partial charge in [0.1, 0.15) is 24.1 Å². The van der Waals surface area contributed by atoms with Crippen LogP contribution in [0.2, 0.25) is 0 Å². The molecule has 4 heterocycles. The van der Waals surface area contributed by atoms with Gasteiger partial charge in [0.25, 0.3) is 0 Å². The van der Waals surface area contributed by atoms with Crippen LogP contribution in [0.3, 0.4) is 0 Å². The molecule has 3 N–H and O–H groups in total. The van der Waals surface area contributed by atoms with Crippen LogP contribution in [-0.4, -0.2) is 69.4 Å². The third-order valence-corrected chi connectivity index (χ3v) is 6.44. The van der Waals surface area contributed by atoms with E-state index in [2.05, 4.69) is 20.6 Å². The van der Waals surface area contributed by atoms with Gasteiger partial charge in [0.05, 0.1) is 24.5 Å². The Balaban J connectivity index is 1.33. The van der Waals surface area contributed by atoms with E-state index < -0.39 is 48.5 Å². The fourth-order valence-corrected chi connectivity index (χ4v) is 4.58. The van der Waals surface area contributed by atoms with Crippen LogP contribution >= 0.6 is 0 Å². The fourth-order valence-electron chi connectivity index (χ4n) is 4.58. The number of carbonyl (C=O) groups is 2. The third kappa shape index (κ3) is 6.66. The second-order valence-electron chi connectivity index (χ2n) is 9.21. The number of aromatic carboxylic acids is 1. The van der Waals surface area contributed by atoms with Crippen molar-refractivity contribution in [3.05, 3.63) is 94.3 Å². The normalized spacial score (nSPS) is 23.4. The number of rotatable bonds is 10. The summed E-state index contributed by atoms with van der Waals surface area (Å²) in [5.74, 6) is -1.02. The summed E-state index contributed by atoms with van der Waals surface area (Å²) >= 11 is 0. The summed E-state index contributed by atoms with van der Waals surface area (Å²) in [5.41, 5.74) is 0.621. The second kappa shape index (κ2) is 12.8. The van der Waals surface area contributed by atoms with E-state index in [1.54, 1.807) is 13.0 Å². The highest BCUT2D eigenvalue weighted by Crippen LogP contribution is 2.39. The van der Waals surface area contributed by atoms with E-state index in [0.29, 0.717) is 6.54 Å². The van der Waals surface area contributed by atoms with E-state index in [1.165, 1.54) is 35.2 Å². The maximum absolute atomic E-state index is 12.9. The van der Waals surface area contributed by atoms with Crippen molar-refractivity contribution < 1.29 is 33.6 Å². The Kier molecular flexibility index (Phi) is 8.79. The molecular formula is C28H29N5O8. The van der Waals surface area contributed by atoms with E-state index >= 15 is 0 Å². The number of amides is 2. The number of pyridine rings is 1. The molecule has 2 aliphatic rings. The van der Waals surface area contributed by atoms with Gasteiger partial charge in [-0.1, -0.05) is 36.4 Å². The van der Waals surface area contributed by atoms with Crippen molar-refractivity contribution in [2.45, 2.75) is 44.4 Å². The molecule has 2 aliphatic heterocycles. The topological polar surface area (TPSA) is 163 Å². The van der Waals surface area contributed by atoms with Crippen LogP contribution < -0.4 is 16.3 Å². The number of anilines is 1. The minimum absolute atomic E-state index is 0.0186. The van der Waals surface area contributed by atoms with E-state index in [4.69, 9.17) is 18.9 Å². The van der Waals surface area contributed by atoms with E-state index in [1.807, 2.05) is 36.4 Å². The minimum atomic E-state index is -1.11. The van der Waals surface area contributed by atoms with Gasteiger partial charge in [0.15, 0.2) is 12.5 Å². The number of carboxylic acid groups (broad SMARTS) is 1. The largest absolute Gasteiger partial charge is 0.478 e. The highest BCUT2D eigenvalue weighted by Gasteiger charge is 2.53. The van der Waals surface area contributed by atoms with Gasteiger partial charge in [-0.15, -0.1) is 0 Å². The summed E-state index contributed by atoms with van der Waals surface area (Å²) in [6, 6.07) is 13.6. The van der Waals surface area contributed by atoms with Crippen LogP contribution in [0.25, 0.3) is 6.08 Å². The molecule has 5 rings (SSSR count). The lowest BCUT2D eigenvalue weighted by atomic mass is 10.1. The lowest BCUT2D eigenvalue weighted by Gasteiger charge is -2.21. The Morgan fingerprint density at radius 1 is 1.10 bits per heavy atom. The molecule has 0 spiro atoms. The van der Waals surface area contributed by atoms with Crippen molar-refractivity contribution in [3.8, 4) is 0 Å². The Morgan fingerprint density at radius 3 is 2.66 bits per heavy atom. The average Bonchev–Trinajstić information content (AvgIpc) is 3.52. The predicted octanol–water partition coefficient (Wildman–Crippen LogP) is 2.42. The van der Waals surface area contributed by atoms with Gasteiger partial charge in [0, 0.05) is 18.9 Å². The predicted molar refractivity (Wildman–Crippen MR) is 145 cm³/mol. The van der Waals surface area contributed by atoms with Crippen LogP contribution in [-0.2, 0) is 25.6 Å². The molecule has 1 aromatic carbocycles. The Labute approximate surface area is 234 Å². The molecule has 2 aromatic heterocycles. The summed E-state index contributed by atoms with van der Waals surface area (Å²) < 4.78 is 25.6. The zero-order valence-corrected chi connectivity index (χ0v) is 22.1. The summed E-state index contributed by atoms with van der Waals surface area (Å²) in [5, 5.41) is 14.5. The molecule has 5 atom stereocenters. The monoisotopic (exact) mass is 563 g/mol. The number of carbonyl (C=O) groups excluding carboxylic acids is 1. The molecule has 2 fully saturated rings. The van der Waals surface area contributed by atoms with Crippen LogP contribution in [0, 0.1) is 0 Å². The summed E-state index contributed by atoms with van der Waals surface area (Å²) in [6.45, 7) is 2.14. The van der Waals surface area contributed by atoms with Gasteiger partial charge < -0.3 is 29.4 Å². The smallest absolute Gasteiger partial charge is 0.351 e. The average molecular weight is 564 g/mol. The first-order valence-electron chi connectivity index (χ1n) is 13.0. The van der Waals surface area contributed by atoms with Crippen molar-refractivity contribution in [3.63, 3.8) is 0 Å². The lowest BCUT2D eigenvalue weighted by molar-refractivity contribution is -0.141. The third-order valence-electron chi connectivity index (χ3n) is 6.44. The van der Waals surface area contributed by atoms with Crippen LogP contribution in [0.4, 0.5) is 10.6 Å². The van der Waals surface area contributed by atoms with Gasteiger partial charge in [-0.25, -0.2) is 14.4 Å². The maximum atomic E-state index is 12.9. The highest BCUT2D eigenvalue weighted by molar-refractivity contribution is 5.88. The van der Waals surface area contributed by atoms with Gasteiger partial charge in [-0.3, -0.25) is 14.9 Å². The van der Waals surface area contributed by atoms with E-state index in [9.17, 15) is 19.5 Å². The first-order chi connectivity index (χ1) is 19.9. The van der Waals surface area contributed by atoms with Gasteiger partial charge in [-0.2, -0.15) is 4.98 Å². The van der Waals surface area contributed by atoms with Crippen molar-refractivity contribution in [1.82, 2.24) is 19.9 Å². The number of nitrogens with one attached hydrogen (secondary N) is 2. The molecule has 0 saturated carbocycles. The van der Waals surface area contributed by atoms with E-state index in [0.717, 1.165) is 5.56 Å². The molecule has 13 nitrogen and oxygen atoms in total. The van der Waals surface area contributed by atoms with Crippen molar-refractivity contribution >= 4 is 23.9 Å². The molecule has 2 saturated heterocycles. The SMILES string of the molecule is CCNC(=O)Nc1ccn([C@@H]2O[C@H](COCc3ncccc3C(=O)O)C3O[C@H](/C=C/c4ccccc4)O[C@@H]32)c(=O)n1. The molecule has 3 aromatic rings. The van der Waals surface area contributed by atoms with Crippen molar-refractivity contribution in [2.75, 3.05) is 18.5 Å². The fraction of sp³-hybridized carbons (Fsp3) is 0.321. The van der Waals surface area contributed by atoms with Crippen LogP contribution in [0.15, 0.2) is 71.8 Å². The highest BCUT2D eigenvalue weighted by atomic mass is 16.8. The standard InChI is InChI=1S/C28H29N5O8/c1-2-29-27(36)31-21-12-14-33(28(37)32-21)25-24-23(40-22(41-24)11-10-17-7-4-3-5-8-17)20(39-25)16-38-15-19-18(26(34)35)9-6-13-30-19/h3-14,20,22-25H,2,15-16H2,1H3,(H,34,35)(H2,29,31,32,36,37)/b11-10+/t20-,22+,23?,24+,25-/m1/s1. The Morgan fingerprint density at radius 2 is 1.90 bits per heavy atom. The zero-order chi connectivity index (χ0) is 28.8. The maximum Gasteiger partial charge on any atom is 0.351 e. The summed E-state index contributed by atoms with van der Waals surface area (Å²) in [6.07, 6.45) is 3.05. The minimum Gasteiger partial charge on any atom is -0.478 e. The molecule has 2 amide bonds. The number of nitrogens with zero attached hydrogens (tertiary/aromatic N) is 3. The molecule has 13 heteroatoms. The molecule has 1 unspecified atom stereocenters. The number of aromatic nitrogens is 3. The zero-order valence-electron chi connectivity index (χ0n) is 22.1. The number of ether oxygens (including phenoxy) is 4. The molecular weight excluding hydrogens is 534 g/mol. The first-order valence-corrected chi connectivity index (χ1v) is 13.0. The van der Waals surface area contributed by atoms with Crippen LogP contribution in [0.5, 0.6) is 0 Å². The van der Waals surface area contributed by atoms with Crippen LogP contribution in [0.1, 0.15) is 34.8 Å². The quantitative estimate of drug-likeness (QED) is 0.334.